The van der Waals surface area contributed by atoms with Crippen molar-refractivity contribution in [3.05, 3.63) is 48.3 Å². The Kier molecular flexibility index (Phi) is 4.36. The molecule has 0 spiro atoms. The number of H-pyrrole nitrogens is 1. The van der Waals surface area contributed by atoms with Gasteiger partial charge in [0.1, 0.15) is 17.3 Å². The minimum Gasteiger partial charge on any atom is -0.338 e. The Bertz CT molecular complexity index is 1190. The highest BCUT2D eigenvalue weighted by atomic mass is 19.1. The number of carbonyl (C=O) groups excluding carboxylic acids is 1. The number of aryl methyl sites for hydroxylation is 1. The van der Waals surface area contributed by atoms with Crippen LogP contribution in [0.15, 0.2) is 36.8 Å². The number of amides is 1. The summed E-state index contributed by atoms with van der Waals surface area (Å²) in [5.41, 5.74) is 2.38. The van der Waals surface area contributed by atoms with Gasteiger partial charge in [-0.25, -0.2) is 29.3 Å². The predicted molar refractivity (Wildman–Crippen MR) is 101 cm³/mol. The third-order valence-corrected chi connectivity index (χ3v) is 3.86. The molecule has 10 heteroatoms. The molecule has 0 aliphatic carbocycles. The normalized spacial score (nSPS) is 10.8. The van der Waals surface area contributed by atoms with Gasteiger partial charge in [-0.2, -0.15) is 0 Å². The minimum absolute atomic E-state index is 0.221. The zero-order valence-electron chi connectivity index (χ0n) is 15.0. The number of nitrogens with zero attached hydrogens (tertiary/aromatic N) is 5. The highest BCUT2D eigenvalue weighted by molar-refractivity contribution is 5.89. The van der Waals surface area contributed by atoms with Crippen LogP contribution >= 0.6 is 0 Å². The number of aromatic nitrogens is 6. The molecule has 0 aliphatic heterocycles. The number of pyridine rings is 2. The molecule has 9 nitrogen and oxygen atoms in total. The summed E-state index contributed by atoms with van der Waals surface area (Å²) in [5.74, 6) is 0.540. The predicted octanol–water partition coefficient (Wildman–Crippen LogP) is 2.96. The molecule has 0 aromatic carbocycles. The second kappa shape index (κ2) is 6.99. The number of hydrogen-bond acceptors (Lipinski definition) is 7. The minimum atomic E-state index is -0.396. The lowest BCUT2D eigenvalue weighted by atomic mass is 10.3. The van der Waals surface area contributed by atoms with E-state index in [9.17, 15) is 9.18 Å². The number of nitrogens with one attached hydrogen (secondary N) is 3. The van der Waals surface area contributed by atoms with Crippen LogP contribution in [0.1, 0.15) is 12.6 Å². The van der Waals surface area contributed by atoms with Gasteiger partial charge in [0.25, 0.3) is 0 Å². The zero-order valence-corrected chi connectivity index (χ0v) is 15.0. The first kappa shape index (κ1) is 17.5. The summed E-state index contributed by atoms with van der Waals surface area (Å²) in [7, 11) is 0. The Morgan fingerprint density at radius 3 is 2.79 bits per heavy atom. The van der Waals surface area contributed by atoms with E-state index in [0.29, 0.717) is 40.0 Å². The summed E-state index contributed by atoms with van der Waals surface area (Å²) in [5, 5.41) is 5.78. The third kappa shape index (κ3) is 3.47. The molecule has 3 N–H and O–H groups in total. The monoisotopic (exact) mass is 378 g/mol. The van der Waals surface area contributed by atoms with Crippen LogP contribution in [0.4, 0.5) is 21.7 Å². The van der Waals surface area contributed by atoms with Gasteiger partial charge in [-0.05, 0) is 25.1 Å². The number of imidazole rings is 1. The average molecular weight is 378 g/mol. The Hall–Kier alpha value is -3.95. The lowest BCUT2D eigenvalue weighted by Crippen LogP contribution is -2.07. The Labute approximate surface area is 158 Å². The number of carbonyl (C=O) groups is 1. The standard InChI is InChI=1S/C18H15FN8O/c1-9-12(19)3-4-13(23-9)16-26-17-15(21-8-22-17)18(27-16)25-11-5-6-20-14(7-11)24-10(2)28/h3-8H,1-2H3,(H3,20,21,22,24,25,26,27,28). The van der Waals surface area contributed by atoms with Gasteiger partial charge >= 0.3 is 0 Å². The highest BCUT2D eigenvalue weighted by Crippen LogP contribution is 2.25. The number of hydrogen-bond donors (Lipinski definition) is 3. The molecule has 0 saturated heterocycles. The van der Waals surface area contributed by atoms with E-state index < -0.39 is 5.82 Å². The van der Waals surface area contributed by atoms with Crippen LogP contribution in [-0.2, 0) is 4.79 Å². The molecule has 0 bridgehead atoms. The van der Waals surface area contributed by atoms with Crippen molar-refractivity contribution in [3.8, 4) is 11.5 Å². The van der Waals surface area contributed by atoms with E-state index in [1.54, 1.807) is 25.3 Å². The van der Waals surface area contributed by atoms with Crippen molar-refractivity contribution in [2.45, 2.75) is 13.8 Å². The van der Waals surface area contributed by atoms with Crippen molar-refractivity contribution < 1.29 is 9.18 Å². The molecular weight excluding hydrogens is 363 g/mol. The molecule has 0 fully saturated rings. The van der Waals surface area contributed by atoms with Gasteiger partial charge in [-0.3, -0.25) is 4.79 Å². The van der Waals surface area contributed by atoms with Gasteiger partial charge in [0.2, 0.25) is 5.91 Å². The van der Waals surface area contributed by atoms with Crippen LogP contribution in [0.3, 0.4) is 0 Å². The van der Waals surface area contributed by atoms with Crippen molar-refractivity contribution >= 4 is 34.4 Å². The van der Waals surface area contributed by atoms with Crippen LogP contribution < -0.4 is 10.6 Å². The molecule has 4 rings (SSSR count). The number of fused-ring (bicyclic) bond motifs is 1. The first-order valence-electron chi connectivity index (χ1n) is 8.35. The summed E-state index contributed by atoms with van der Waals surface area (Å²) in [4.78, 5) is 35.6. The molecule has 0 saturated carbocycles. The zero-order chi connectivity index (χ0) is 19.7. The van der Waals surface area contributed by atoms with Crippen LogP contribution in [0.25, 0.3) is 22.7 Å². The number of halogens is 1. The number of aromatic amines is 1. The van der Waals surface area contributed by atoms with E-state index in [0.717, 1.165) is 0 Å². The Morgan fingerprint density at radius 2 is 2.00 bits per heavy atom. The molecule has 1 amide bonds. The van der Waals surface area contributed by atoms with E-state index in [1.165, 1.54) is 25.4 Å². The van der Waals surface area contributed by atoms with Crippen molar-refractivity contribution in [3.63, 3.8) is 0 Å². The molecule has 4 heterocycles. The first-order chi connectivity index (χ1) is 13.5. The van der Waals surface area contributed by atoms with Gasteiger partial charge in [-0.15, -0.1) is 0 Å². The smallest absolute Gasteiger partial charge is 0.222 e. The van der Waals surface area contributed by atoms with E-state index in [2.05, 4.69) is 40.5 Å². The molecule has 4 aromatic heterocycles. The largest absolute Gasteiger partial charge is 0.338 e. The topological polar surface area (TPSA) is 121 Å². The average Bonchev–Trinajstić information content (AvgIpc) is 3.13. The van der Waals surface area contributed by atoms with Crippen LogP contribution in [0.5, 0.6) is 0 Å². The second-order valence-corrected chi connectivity index (χ2v) is 6.00. The Balaban J connectivity index is 1.75. The fourth-order valence-corrected chi connectivity index (χ4v) is 2.60. The van der Waals surface area contributed by atoms with Crippen molar-refractivity contribution in [2.75, 3.05) is 10.6 Å². The SMILES string of the molecule is CC(=O)Nc1cc(Nc2nc(-c3ccc(F)c(C)n3)nc3[nH]cnc23)ccn1. The molecule has 4 aromatic rings. The third-order valence-electron chi connectivity index (χ3n) is 3.86. The summed E-state index contributed by atoms with van der Waals surface area (Å²) in [6.07, 6.45) is 3.06. The quantitative estimate of drug-likeness (QED) is 0.499. The van der Waals surface area contributed by atoms with Gasteiger partial charge in [-0.1, -0.05) is 0 Å². The van der Waals surface area contributed by atoms with E-state index in [-0.39, 0.29) is 11.6 Å². The van der Waals surface area contributed by atoms with Crippen molar-refractivity contribution in [2.24, 2.45) is 0 Å². The maximum Gasteiger partial charge on any atom is 0.222 e. The van der Waals surface area contributed by atoms with E-state index >= 15 is 0 Å². The maximum absolute atomic E-state index is 13.5. The fraction of sp³-hybridized carbons (Fsp3) is 0.111. The van der Waals surface area contributed by atoms with Crippen LogP contribution in [0, 0.1) is 12.7 Å². The van der Waals surface area contributed by atoms with Gasteiger partial charge in [0.15, 0.2) is 22.8 Å². The maximum atomic E-state index is 13.5. The van der Waals surface area contributed by atoms with E-state index in [1.807, 2.05) is 0 Å². The fourth-order valence-electron chi connectivity index (χ4n) is 2.60. The number of anilines is 3. The molecular formula is C18H15FN8O. The van der Waals surface area contributed by atoms with Crippen molar-refractivity contribution in [1.29, 1.82) is 0 Å². The summed E-state index contributed by atoms with van der Waals surface area (Å²) < 4.78 is 13.5. The van der Waals surface area contributed by atoms with Crippen LogP contribution in [-0.4, -0.2) is 35.8 Å². The Morgan fingerprint density at radius 1 is 1.14 bits per heavy atom. The first-order valence-corrected chi connectivity index (χ1v) is 8.35. The lowest BCUT2D eigenvalue weighted by molar-refractivity contribution is -0.114. The molecule has 0 aliphatic rings. The van der Waals surface area contributed by atoms with E-state index in [4.69, 9.17) is 0 Å². The van der Waals surface area contributed by atoms with Crippen molar-refractivity contribution in [1.82, 2.24) is 29.9 Å². The van der Waals surface area contributed by atoms with Gasteiger partial charge in [0, 0.05) is 24.9 Å². The van der Waals surface area contributed by atoms with Crippen LogP contribution in [0.2, 0.25) is 0 Å². The number of rotatable bonds is 4. The molecule has 0 unspecified atom stereocenters. The van der Waals surface area contributed by atoms with Gasteiger partial charge in [0.05, 0.1) is 12.0 Å². The molecule has 0 radical (unpaired) electrons. The molecule has 0 atom stereocenters. The molecule has 140 valence electrons. The molecule has 28 heavy (non-hydrogen) atoms. The summed E-state index contributed by atoms with van der Waals surface area (Å²) >= 11 is 0. The summed E-state index contributed by atoms with van der Waals surface area (Å²) in [6, 6.07) is 6.24. The highest BCUT2D eigenvalue weighted by Gasteiger charge is 2.14. The second-order valence-electron chi connectivity index (χ2n) is 6.00. The van der Waals surface area contributed by atoms with Gasteiger partial charge < -0.3 is 15.6 Å². The summed E-state index contributed by atoms with van der Waals surface area (Å²) in [6.45, 7) is 2.98. The lowest BCUT2D eigenvalue weighted by Gasteiger charge is -2.09.